The fourth-order valence-corrected chi connectivity index (χ4v) is 3.14. The third-order valence-electron chi connectivity index (χ3n) is 4.65. The molecule has 1 heterocycles. The van der Waals surface area contributed by atoms with Gasteiger partial charge >= 0.3 is 0 Å². The van der Waals surface area contributed by atoms with Gasteiger partial charge < -0.3 is 9.88 Å². The molecule has 26 heavy (non-hydrogen) atoms. The van der Waals surface area contributed by atoms with Crippen LogP contribution in [0, 0.1) is 5.41 Å². The Kier molecular flexibility index (Phi) is 5.12. The summed E-state index contributed by atoms with van der Waals surface area (Å²) >= 11 is 0. The highest BCUT2D eigenvalue weighted by atomic mass is 16.2. The second-order valence-electron chi connectivity index (χ2n) is 7.73. The molecule has 1 atom stereocenters. The van der Waals surface area contributed by atoms with Crippen molar-refractivity contribution in [3.63, 3.8) is 0 Å². The molecule has 0 aliphatic carbocycles. The Morgan fingerprint density at radius 3 is 2.42 bits per heavy atom. The monoisotopic (exact) mass is 349 g/mol. The Labute approximate surface area is 155 Å². The zero-order valence-electron chi connectivity index (χ0n) is 16.0. The number of para-hydroxylation sites is 2. The first-order valence-corrected chi connectivity index (χ1v) is 9.17. The standard InChI is InChI=1S/C22H27N3O/c1-16(17-10-6-5-7-11-17)25-19-13-9-8-12-18(19)24-20(25)14-15-23-21(26)22(2,3)4/h5-13,16H,14-15H2,1-4H3,(H,23,26). The zero-order valence-corrected chi connectivity index (χ0v) is 16.0. The van der Waals surface area contributed by atoms with Crippen LogP contribution in [-0.2, 0) is 11.2 Å². The van der Waals surface area contributed by atoms with Crippen LogP contribution in [-0.4, -0.2) is 22.0 Å². The summed E-state index contributed by atoms with van der Waals surface area (Å²) in [5, 5.41) is 3.03. The van der Waals surface area contributed by atoms with Crippen LogP contribution in [0.15, 0.2) is 54.6 Å². The van der Waals surface area contributed by atoms with Crippen LogP contribution in [0.2, 0.25) is 0 Å². The number of hydrogen-bond acceptors (Lipinski definition) is 2. The Hall–Kier alpha value is -2.62. The summed E-state index contributed by atoms with van der Waals surface area (Å²) in [6, 6.07) is 18.8. The molecular formula is C22H27N3O. The van der Waals surface area contributed by atoms with Gasteiger partial charge in [0.2, 0.25) is 5.91 Å². The van der Waals surface area contributed by atoms with E-state index in [1.807, 2.05) is 45.0 Å². The van der Waals surface area contributed by atoms with Gasteiger partial charge in [-0.2, -0.15) is 0 Å². The second kappa shape index (κ2) is 7.32. The number of aromatic nitrogens is 2. The summed E-state index contributed by atoms with van der Waals surface area (Å²) in [6.45, 7) is 8.56. The molecule has 1 N–H and O–H groups in total. The van der Waals surface area contributed by atoms with E-state index in [1.165, 1.54) is 5.56 Å². The number of carbonyl (C=O) groups is 1. The van der Waals surface area contributed by atoms with Crippen LogP contribution in [0.3, 0.4) is 0 Å². The van der Waals surface area contributed by atoms with Crippen molar-refractivity contribution >= 4 is 16.9 Å². The van der Waals surface area contributed by atoms with Crippen molar-refractivity contribution in [3.05, 3.63) is 66.0 Å². The maximum absolute atomic E-state index is 12.1. The van der Waals surface area contributed by atoms with Gasteiger partial charge in [-0.15, -0.1) is 0 Å². The average Bonchev–Trinajstić information content (AvgIpc) is 2.99. The topological polar surface area (TPSA) is 46.9 Å². The number of amides is 1. The molecule has 3 rings (SSSR count). The first-order chi connectivity index (χ1) is 12.4. The lowest BCUT2D eigenvalue weighted by Gasteiger charge is -2.20. The van der Waals surface area contributed by atoms with Crippen molar-refractivity contribution in [3.8, 4) is 0 Å². The van der Waals surface area contributed by atoms with E-state index in [-0.39, 0.29) is 17.4 Å². The first-order valence-electron chi connectivity index (χ1n) is 9.17. The molecule has 2 aromatic carbocycles. The Bertz CT molecular complexity index is 891. The van der Waals surface area contributed by atoms with Crippen molar-refractivity contribution in [1.29, 1.82) is 0 Å². The lowest BCUT2D eigenvalue weighted by atomic mass is 9.96. The van der Waals surface area contributed by atoms with Gasteiger partial charge in [-0.05, 0) is 24.6 Å². The molecule has 4 nitrogen and oxygen atoms in total. The minimum atomic E-state index is -0.378. The molecule has 0 saturated carbocycles. The second-order valence-corrected chi connectivity index (χ2v) is 7.73. The number of hydrogen-bond donors (Lipinski definition) is 1. The lowest BCUT2D eigenvalue weighted by molar-refractivity contribution is -0.128. The molecule has 0 bridgehead atoms. The SMILES string of the molecule is CC(c1ccccc1)n1c(CCNC(=O)C(C)(C)C)nc2ccccc21. The molecule has 1 amide bonds. The highest BCUT2D eigenvalue weighted by Crippen LogP contribution is 2.26. The average molecular weight is 349 g/mol. The number of imidazole rings is 1. The highest BCUT2D eigenvalue weighted by Gasteiger charge is 2.21. The van der Waals surface area contributed by atoms with E-state index in [9.17, 15) is 4.79 Å². The van der Waals surface area contributed by atoms with Crippen LogP contribution in [0.25, 0.3) is 11.0 Å². The summed E-state index contributed by atoms with van der Waals surface area (Å²) in [5.41, 5.74) is 2.99. The number of fused-ring (bicyclic) bond motifs is 1. The predicted molar refractivity (Wildman–Crippen MR) is 106 cm³/mol. The van der Waals surface area contributed by atoms with Gasteiger partial charge in [-0.25, -0.2) is 4.98 Å². The van der Waals surface area contributed by atoms with E-state index in [4.69, 9.17) is 4.98 Å². The van der Waals surface area contributed by atoms with Gasteiger partial charge in [0.1, 0.15) is 5.82 Å². The van der Waals surface area contributed by atoms with E-state index in [0.717, 1.165) is 16.9 Å². The van der Waals surface area contributed by atoms with Crippen molar-refractivity contribution in [2.45, 2.75) is 40.2 Å². The van der Waals surface area contributed by atoms with Gasteiger partial charge in [0, 0.05) is 18.4 Å². The van der Waals surface area contributed by atoms with Crippen molar-refractivity contribution in [2.24, 2.45) is 5.41 Å². The van der Waals surface area contributed by atoms with E-state index in [2.05, 4.69) is 47.1 Å². The smallest absolute Gasteiger partial charge is 0.225 e. The molecule has 4 heteroatoms. The molecule has 0 saturated heterocycles. The largest absolute Gasteiger partial charge is 0.355 e. The normalized spacial score (nSPS) is 12.9. The number of benzene rings is 2. The van der Waals surface area contributed by atoms with E-state index >= 15 is 0 Å². The fraction of sp³-hybridized carbons (Fsp3) is 0.364. The Morgan fingerprint density at radius 1 is 1.08 bits per heavy atom. The molecule has 0 aliphatic heterocycles. The number of rotatable bonds is 5. The first kappa shape index (κ1) is 18.2. The van der Waals surface area contributed by atoms with Crippen molar-refractivity contribution < 1.29 is 4.79 Å². The summed E-state index contributed by atoms with van der Waals surface area (Å²) in [5.74, 6) is 1.06. The van der Waals surface area contributed by atoms with Crippen LogP contribution < -0.4 is 5.32 Å². The highest BCUT2D eigenvalue weighted by molar-refractivity contribution is 5.81. The summed E-state index contributed by atoms with van der Waals surface area (Å²) < 4.78 is 2.29. The van der Waals surface area contributed by atoms with Gasteiger partial charge in [0.25, 0.3) is 0 Å². The predicted octanol–water partition coefficient (Wildman–Crippen LogP) is 4.35. The van der Waals surface area contributed by atoms with Gasteiger partial charge in [-0.3, -0.25) is 4.79 Å². The van der Waals surface area contributed by atoms with Crippen LogP contribution in [0.4, 0.5) is 0 Å². The van der Waals surface area contributed by atoms with Gasteiger partial charge in [0.05, 0.1) is 17.1 Å². The van der Waals surface area contributed by atoms with E-state index in [0.29, 0.717) is 13.0 Å². The number of nitrogens with zero attached hydrogens (tertiary/aromatic N) is 2. The molecule has 136 valence electrons. The minimum Gasteiger partial charge on any atom is -0.355 e. The Morgan fingerprint density at radius 2 is 1.73 bits per heavy atom. The van der Waals surface area contributed by atoms with Gasteiger partial charge in [0.15, 0.2) is 0 Å². The van der Waals surface area contributed by atoms with Gasteiger partial charge in [-0.1, -0.05) is 63.2 Å². The van der Waals surface area contributed by atoms with E-state index < -0.39 is 0 Å². The molecule has 1 unspecified atom stereocenters. The number of carbonyl (C=O) groups excluding carboxylic acids is 1. The molecule has 0 aliphatic rings. The zero-order chi connectivity index (χ0) is 18.7. The third kappa shape index (κ3) is 3.79. The Balaban J connectivity index is 1.89. The third-order valence-corrected chi connectivity index (χ3v) is 4.65. The fourth-order valence-electron chi connectivity index (χ4n) is 3.14. The summed E-state index contributed by atoms with van der Waals surface area (Å²) in [4.78, 5) is 17.0. The maximum atomic E-state index is 12.1. The molecule has 3 aromatic rings. The summed E-state index contributed by atoms with van der Waals surface area (Å²) in [6.07, 6.45) is 0.702. The van der Waals surface area contributed by atoms with Crippen molar-refractivity contribution in [2.75, 3.05) is 6.54 Å². The minimum absolute atomic E-state index is 0.0660. The van der Waals surface area contributed by atoms with E-state index in [1.54, 1.807) is 0 Å². The molecular weight excluding hydrogens is 322 g/mol. The molecule has 0 radical (unpaired) electrons. The molecule has 0 spiro atoms. The van der Waals surface area contributed by atoms with Crippen LogP contribution in [0.5, 0.6) is 0 Å². The van der Waals surface area contributed by atoms with Crippen LogP contribution >= 0.6 is 0 Å². The molecule has 1 aromatic heterocycles. The quantitative estimate of drug-likeness (QED) is 0.744. The molecule has 0 fully saturated rings. The maximum Gasteiger partial charge on any atom is 0.225 e. The number of nitrogens with one attached hydrogen (secondary N) is 1. The summed E-state index contributed by atoms with van der Waals surface area (Å²) in [7, 11) is 0. The lowest BCUT2D eigenvalue weighted by Crippen LogP contribution is -2.36. The van der Waals surface area contributed by atoms with Crippen LogP contribution in [0.1, 0.15) is 45.1 Å². The van der Waals surface area contributed by atoms with Crippen molar-refractivity contribution in [1.82, 2.24) is 14.9 Å².